The average molecular weight is 360 g/mol. The minimum atomic E-state index is 0. The van der Waals surface area contributed by atoms with Crippen molar-refractivity contribution in [3.05, 3.63) is 71.8 Å². The van der Waals surface area contributed by atoms with Crippen molar-refractivity contribution < 1.29 is 4.74 Å². The van der Waals surface area contributed by atoms with Gasteiger partial charge >= 0.3 is 0 Å². The number of nitrogens with zero attached hydrogens (tertiary/aromatic N) is 1. The Kier molecular flexibility index (Phi) is 7.95. The van der Waals surface area contributed by atoms with E-state index in [0.717, 1.165) is 13.2 Å². The topological polar surface area (TPSA) is 12.5 Å². The van der Waals surface area contributed by atoms with Crippen LogP contribution in [-0.4, -0.2) is 30.1 Å². The molecule has 3 heteroatoms. The van der Waals surface area contributed by atoms with Crippen LogP contribution in [0.5, 0.6) is 0 Å². The van der Waals surface area contributed by atoms with Gasteiger partial charge in [0.25, 0.3) is 0 Å². The van der Waals surface area contributed by atoms with Crippen molar-refractivity contribution in [3.63, 3.8) is 0 Å². The predicted octanol–water partition coefficient (Wildman–Crippen LogP) is 5.48. The second-order valence-electron chi connectivity index (χ2n) is 6.94. The quantitative estimate of drug-likeness (QED) is 0.677. The highest BCUT2D eigenvalue weighted by molar-refractivity contribution is 5.85. The summed E-state index contributed by atoms with van der Waals surface area (Å²) in [5.41, 5.74) is 2.45. The zero-order chi connectivity index (χ0) is 16.8. The number of halogens is 1. The monoisotopic (exact) mass is 359 g/mol. The Bertz CT molecular complexity index is 554. The molecule has 2 atom stereocenters. The highest BCUT2D eigenvalue weighted by Crippen LogP contribution is 2.27. The molecule has 0 N–H and O–H groups in total. The van der Waals surface area contributed by atoms with Crippen LogP contribution in [0.25, 0.3) is 0 Å². The molecule has 1 aliphatic rings. The lowest BCUT2D eigenvalue weighted by atomic mass is 9.98. The van der Waals surface area contributed by atoms with Gasteiger partial charge in [0.15, 0.2) is 0 Å². The summed E-state index contributed by atoms with van der Waals surface area (Å²) in [7, 11) is 0. The first-order valence-corrected chi connectivity index (χ1v) is 9.23. The van der Waals surface area contributed by atoms with Gasteiger partial charge in [-0.25, -0.2) is 0 Å². The molecular weight excluding hydrogens is 330 g/mol. The third-order valence-corrected chi connectivity index (χ3v) is 5.21. The van der Waals surface area contributed by atoms with Crippen LogP contribution in [0.15, 0.2) is 60.7 Å². The molecule has 0 radical (unpaired) electrons. The van der Waals surface area contributed by atoms with Gasteiger partial charge in [0, 0.05) is 18.6 Å². The van der Waals surface area contributed by atoms with E-state index < -0.39 is 0 Å². The summed E-state index contributed by atoms with van der Waals surface area (Å²) < 4.78 is 6.37. The molecule has 0 aromatic heterocycles. The fourth-order valence-corrected chi connectivity index (χ4v) is 3.83. The standard InChI is InChI=1S/C22H29NO.ClH/c1-18-10-9-11-19(2)23(18)16-17-24-22(20-12-5-3-6-13-20)21-14-7-4-8-15-21;/h3-8,12-15,18-19,22H,9-11,16-17H2,1-2H3;1H. The summed E-state index contributed by atoms with van der Waals surface area (Å²) in [5.74, 6) is 0. The van der Waals surface area contributed by atoms with Crippen LogP contribution in [0, 0.1) is 0 Å². The van der Waals surface area contributed by atoms with E-state index in [9.17, 15) is 0 Å². The van der Waals surface area contributed by atoms with Gasteiger partial charge in [0.2, 0.25) is 0 Å². The van der Waals surface area contributed by atoms with Crippen molar-refractivity contribution in [1.29, 1.82) is 0 Å². The van der Waals surface area contributed by atoms with Crippen LogP contribution < -0.4 is 0 Å². The zero-order valence-electron chi connectivity index (χ0n) is 15.3. The third-order valence-electron chi connectivity index (χ3n) is 5.21. The van der Waals surface area contributed by atoms with Crippen molar-refractivity contribution in [3.8, 4) is 0 Å². The molecule has 25 heavy (non-hydrogen) atoms. The van der Waals surface area contributed by atoms with E-state index in [1.807, 2.05) is 0 Å². The number of benzene rings is 2. The number of ether oxygens (including phenoxy) is 1. The molecule has 2 aromatic carbocycles. The number of hydrogen-bond donors (Lipinski definition) is 0. The van der Waals surface area contributed by atoms with Crippen LogP contribution in [0.1, 0.15) is 50.3 Å². The van der Waals surface area contributed by atoms with Crippen molar-refractivity contribution in [2.45, 2.75) is 51.3 Å². The molecule has 2 unspecified atom stereocenters. The number of hydrogen-bond acceptors (Lipinski definition) is 2. The van der Waals surface area contributed by atoms with Gasteiger partial charge in [-0.2, -0.15) is 0 Å². The van der Waals surface area contributed by atoms with Gasteiger partial charge in [-0.05, 0) is 37.8 Å². The van der Waals surface area contributed by atoms with E-state index in [4.69, 9.17) is 4.74 Å². The van der Waals surface area contributed by atoms with Gasteiger partial charge in [-0.1, -0.05) is 67.1 Å². The second-order valence-corrected chi connectivity index (χ2v) is 6.94. The van der Waals surface area contributed by atoms with Gasteiger partial charge in [-0.15, -0.1) is 12.4 Å². The number of piperidine rings is 1. The smallest absolute Gasteiger partial charge is 0.108 e. The number of rotatable bonds is 6. The number of likely N-dealkylation sites (tertiary alicyclic amines) is 1. The van der Waals surface area contributed by atoms with E-state index >= 15 is 0 Å². The Morgan fingerprint density at radius 2 is 1.36 bits per heavy atom. The molecule has 0 saturated carbocycles. The van der Waals surface area contributed by atoms with Crippen molar-refractivity contribution in [1.82, 2.24) is 4.90 Å². The van der Waals surface area contributed by atoms with Gasteiger partial charge < -0.3 is 4.74 Å². The first-order chi connectivity index (χ1) is 11.8. The molecule has 0 amide bonds. The van der Waals surface area contributed by atoms with E-state index in [2.05, 4.69) is 79.4 Å². The van der Waals surface area contributed by atoms with Gasteiger partial charge in [0.05, 0.1) is 6.61 Å². The van der Waals surface area contributed by atoms with Crippen LogP contribution >= 0.6 is 12.4 Å². The maximum absolute atomic E-state index is 6.37. The van der Waals surface area contributed by atoms with E-state index in [1.165, 1.54) is 30.4 Å². The van der Waals surface area contributed by atoms with Crippen molar-refractivity contribution >= 4 is 12.4 Å². The minimum Gasteiger partial charge on any atom is -0.367 e. The zero-order valence-corrected chi connectivity index (χ0v) is 16.1. The summed E-state index contributed by atoms with van der Waals surface area (Å²) >= 11 is 0. The fourth-order valence-electron chi connectivity index (χ4n) is 3.83. The van der Waals surface area contributed by atoms with Crippen molar-refractivity contribution in [2.75, 3.05) is 13.2 Å². The van der Waals surface area contributed by atoms with E-state index in [1.54, 1.807) is 0 Å². The first kappa shape index (κ1) is 20.0. The molecule has 1 heterocycles. The highest BCUT2D eigenvalue weighted by Gasteiger charge is 2.24. The molecule has 0 aliphatic carbocycles. The summed E-state index contributed by atoms with van der Waals surface area (Å²) in [4.78, 5) is 2.61. The molecule has 1 fully saturated rings. The second kappa shape index (κ2) is 9.96. The summed E-state index contributed by atoms with van der Waals surface area (Å²) in [6, 6.07) is 22.4. The van der Waals surface area contributed by atoms with Crippen LogP contribution in [0.4, 0.5) is 0 Å². The lowest BCUT2D eigenvalue weighted by molar-refractivity contribution is 0.0259. The maximum Gasteiger partial charge on any atom is 0.108 e. The Morgan fingerprint density at radius 1 is 0.880 bits per heavy atom. The van der Waals surface area contributed by atoms with Gasteiger partial charge in [0.1, 0.15) is 6.10 Å². The first-order valence-electron chi connectivity index (χ1n) is 9.23. The predicted molar refractivity (Wildman–Crippen MR) is 107 cm³/mol. The summed E-state index contributed by atoms with van der Waals surface area (Å²) in [5, 5.41) is 0. The molecule has 2 nitrogen and oxygen atoms in total. The Balaban J connectivity index is 0.00000225. The minimum absolute atomic E-state index is 0. The highest BCUT2D eigenvalue weighted by atomic mass is 35.5. The molecule has 2 aromatic rings. The van der Waals surface area contributed by atoms with Crippen molar-refractivity contribution in [2.24, 2.45) is 0 Å². The molecular formula is C22H30ClNO. The molecule has 136 valence electrons. The fraction of sp³-hybridized carbons (Fsp3) is 0.455. The average Bonchev–Trinajstić information content (AvgIpc) is 2.62. The molecule has 0 spiro atoms. The lowest BCUT2D eigenvalue weighted by Crippen LogP contribution is -2.45. The van der Waals surface area contributed by atoms with Gasteiger partial charge in [-0.3, -0.25) is 4.90 Å². The normalized spacial score (nSPS) is 21.1. The maximum atomic E-state index is 6.37. The Morgan fingerprint density at radius 3 is 1.84 bits per heavy atom. The SMILES string of the molecule is CC1CCCC(C)N1CCOC(c1ccccc1)c1ccccc1.Cl. The summed E-state index contributed by atoms with van der Waals surface area (Å²) in [6.45, 7) is 6.48. The molecule has 3 rings (SSSR count). The Hall–Kier alpha value is -1.35. The van der Waals surface area contributed by atoms with E-state index in [-0.39, 0.29) is 18.5 Å². The molecule has 1 aliphatic heterocycles. The molecule has 0 bridgehead atoms. The third kappa shape index (κ3) is 5.31. The van der Waals surface area contributed by atoms with Crippen LogP contribution in [0.2, 0.25) is 0 Å². The summed E-state index contributed by atoms with van der Waals surface area (Å²) in [6.07, 6.45) is 4.00. The van der Waals surface area contributed by atoms with Crippen LogP contribution in [0.3, 0.4) is 0 Å². The largest absolute Gasteiger partial charge is 0.367 e. The van der Waals surface area contributed by atoms with Crippen LogP contribution in [-0.2, 0) is 4.74 Å². The Labute approximate surface area is 158 Å². The van der Waals surface area contributed by atoms with E-state index in [0.29, 0.717) is 12.1 Å². The molecule has 1 saturated heterocycles. The lowest BCUT2D eigenvalue weighted by Gasteiger charge is -2.39.